The Bertz CT molecular complexity index is 332. The summed E-state index contributed by atoms with van der Waals surface area (Å²) >= 11 is 1.75. The number of amides is 1. The molecule has 6 heteroatoms. The standard InChI is InChI=1S/C13H22N2O3S/c16-12(7-10-1-3-14-4-2-10)15-5-6-19-9-11(15)8-13(17)18/h10-11,14H,1-9H2,(H,17,18). The number of hydrogen-bond acceptors (Lipinski definition) is 4. The molecule has 2 saturated heterocycles. The van der Waals surface area contributed by atoms with Gasteiger partial charge in [-0.15, -0.1) is 0 Å². The lowest BCUT2D eigenvalue weighted by molar-refractivity contribution is -0.140. The summed E-state index contributed by atoms with van der Waals surface area (Å²) in [5.41, 5.74) is 0. The van der Waals surface area contributed by atoms with Crippen LogP contribution >= 0.6 is 11.8 Å². The fourth-order valence-electron chi connectivity index (χ4n) is 2.80. The van der Waals surface area contributed by atoms with Crippen LogP contribution in [0.25, 0.3) is 0 Å². The highest BCUT2D eigenvalue weighted by atomic mass is 32.2. The van der Waals surface area contributed by atoms with E-state index in [0.29, 0.717) is 18.9 Å². The van der Waals surface area contributed by atoms with Crippen LogP contribution in [0.3, 0.4) is 0 Å². The van der Waals surface area contributed by atoms with Crippen molar-refractivity contribution >= 4 is 23.6 Å². The van der Waals surface area contributed by atoms with E-state index in [1.165, 1.54) is 0 Å². The maximum Gasteiger partial charge on any atom is 0.305 e. The number of hydrogen-bond donors (Lipinski definition) is 2. The molecule has 2 aliphatic rings. The summed E-state index contributed by atoms with van der Waals surface area (Å²) in [4.78, 5) is 25.0. The van der Waals surface area contributed by atoms with Crippen LogP contribution in [0.4, 0.5) is 0 Å². The lowest BCUT2D eigenvalue weighted by Gasteiger charge is -2.36. The summed E-state index contributed by atoms with van der Waals surface area (Å²) in [6.07, 6.45) is 2.77. The monoisotopic (exact) mass is 286 g/mol. The van der Waals surface area contributed by atoms with E-state index in [2.05, 4.69) is 5.32 Å². The third kappa shape index (κ3) is 4.38. The molecule has 1 atom stereocenters. The van der Waals surface area contributed by atoms with Crippen LogP contribution in [0.1, 0.15) is 25.7 Å². The van der Waals surface area contributed by atoms with Crippen LogP contribution in [0.5, 0.6) is 0 Å². The summed E-state index contributed by atoms with van der Waals surface area (Å²) in [5.74, 6) is 1.48. The fraction of sp³-hybridized carbons (Fsp3) is 0.846. The smallest absolute Gasteiger partial charge is 0.305 e. The summed E-state index contributed by atoms with van der Waals surface area (Å²) in [6.45, 7) is 2.69. The van der Waals surface area contributed by atoms with E-state index in [1.807, 2.05) is 4.90 Å². The number of aliphatic carboxylic acids is 1. The van der Waals surface area contributed by atoms with Crippen molar-refractivity contribution in [1.82, 2.24) is 10.2 Å². The highest BCUT2D eigenvalue weighted by molar-refractivity contribution is 7.99. The molecule has 19 heavy (non-hydrogen) atoms. The Morgan fingerprint density at radius 3 is 2.68 bits per heavy atom. The fourth-order valence-corrected chi connectivity index (χ4v) is 3.87. The lowest BCUT2D eigenvalue weighted by Crippen LogP contribution is -2.47. The van der Waals surface area contributed by atoms with Crippen molar-refractivity contribution in [2.24, 2.45) is 5.92 Å². The van der Waals surface area contributed by atoms with Gasteiger partial charge >= 0.3 is 5.97 Å². The molecule has 0 aromatic heterocycles. The second-order valence-electron chi connectivity index (χ2n) is 5.31. The van der Waals surface area contributed by atoms with Gasteiger partial charge in [0.05, 0.1) is 12.5 Å². The minimum absolute atomic E-state index is 0.0744. The number of piperidine rings is 1. The molecule has 108 valence electrons. The van der Waals surface area contributed by atoms with Gasteiger partial charge in [-0.25, -0.2) is 0 Å². The van der Waals surface area contributed by atoms with Gasteiger partial charge < -0.3 is 15.3 Å². The molecule has 0 radical (unpaired) electrons. The minimum Gasteiger partial charge on any atom is -0.481 e. The van der Waals surface area contributed by atoms with E-state index in [1.54, 1.807) is 11.8 Å². The third-order valence-electron chi connectivity index (χ3n) is 3.88. The maximum atomic E-state index is 12.4. The first-order chi connectivity index (χ1) is 9.16. The Kier molecular flexibility index (Phi) is 5.51. The van der Waals surface area contributed by atoms with Crippen LogP contribution in [0.15, 0.2) is 0 Å². The highest BCUT2D eigenvalue weighted by Gasteiger charge is 2.30. The van der Waals surface area contributed by atoms with Crippen molar-refractivity contribution in [2.45, 2.75) is 31.7 Å². The number of carboxylic acid groups (broad SMARTS) is 1. The SMILES string of the molecule is O=C(O)CC1CSCCN1C(=O)CC1CCNCC1. The predicted molar refractivity (Wildman–Crippen MR) is 75.3 cm³/mol. The topological polar surface area (TPSA) is 69.6 Å². The van der Waals surface area contributed by atoms with E-state index < -0.39 is 5.97 Å². The molecule has 0 aromatic rings. The largest absolute Gasteiger partial charge is 0.481 e. The van der Waals surface area contributed by atoms with Crippen LogP contribution in [-0.4, -0.2) is 59.1 Å². The molecule has 2 aliphatic heterocycles. The van der Waals surface area contributed by atoms with Crippen LogP contribution in [-0.2, 0) is 9.59 Å². The summed E-state index contributed by atoms with van der Waals surface area (Å²) < 4.78 is 0. The number of carboxylic acids is 1. The van der Waals surface area contributed by atoms with Crippen molar-refractivity contribution < 1.29 is 14.7 Å². The Balaban J connectivity index is 1.88. The van der Waals surface area contributed by atoms with Gasteiger partial charge in [0.2, 0.25) is 5.91 Å². The Morgan fingerprint density at radius 2 is 2.00 bits per heavy atom. The van der Waals surface area contributed by atoms with Crippen LogP contribution in [0.2, 0.25) is 0 Å². The summed E-state index contributed by atoms with van der Waals surface area (Å²) in [7, 11) is 0. The van der Waals surface area contributed by atoms with E-state index in [-0.39, 0.29) is 18.4 Å². The number of carbonyl (C=O) groups is 2. The molecule has 0 aromatic carbocycles. The van der Waals surface area contributed by atoms with Crippen molar-refractivity contribution in [3.63, 3.8) is 0 Å². The number of thioether (sulfide) groups is 1. The average molecular weight is 286 g/mol. The first kappa shape index (κ1) is 14.7. The molecule has 2 N–H and O–H groups in total. The predicted octanol–water partition coefficient (Wildman–Crippen LogP) is 0.795. The molecule has 1 unspecified atom stereocenters. The van der Waals surface area contributed by atoms with E-state index >= 15 is 0 Å². The molecular weight excluding hydrogens is 264 g/mol. The van der Waals surface area contributed by atoms with Gasteiger partial charge in [-0.1, -0.05) is 0 Å². The average Bonchev–Trinajstić information content (AvgIpc) is 2.39. The van der Waals surface area contributed by atoms with Gasteiger partial charge in [0.1, 0.15) is 0 Å². The normalized spacial score (nSPS) is 25.3. The highest BCUT2D eigenvalue weighted by Crippen LogP contribution is 2.23. The number of carbonyl (C=O) groups excluding carboxylic acids is 1. The van der Waals surface area contributed by atoms with E-state index in [0.717, 1.165) is 37.4 Å². The second kappa shape index (κ2) is 7.14. The molecule has 5 nitrogen and oxygen atoms in total. The first-order valence-corrected chi connectivity index (χ1v) is 8.12. The van der Waals surface area contributed by atoms with Crippen LogP contribution in [0, 0.1) is 5.92 Å². The van der Waals surface area contributed by atoms with Crippen molar-refractivity contribution in [2.75, 3.05) is 31.1 Å². The van der Waals surface area contributed by atoms with Gasteiger partial charge in [-0.3, -0.25) is 9.59 Å². The molecule has 0 aliphatic carbocycles. The van der Waals surface area contributed by atoms with Crippen molar-refractivity contribution in [1.29, 1.82) is 0 Å². The zero-order valence-corrected chi connectivity index (χ0v) is 12.0. The van der Waals surface area contributed by atoms with Crippen LogP contribution < -0.4 is 5.32 Å². The number of rotatable bonds is 4. The number of nitrogens with one attached hydrogen (secondary N) is 1. The Morgan fingerprint density at radius 1 is 1.26 bits per heavy atom. The molecule has 1 amide bonds. The van der Waals surface area contributed by atoms with Gasteiger partial charge in [0.15, 0.2) is 0 Å². The van der Waals surface area contributed by atoms with Crippen molar-refractivity contribution in [3.8, 4) is 0 Å². The van der Waals surface area contributed by atoms with Gasteiger partial charge in [0, 0.05) is 24.5 Å². The maximum absolute atomic E-state index is 12.4. The minimum atomic E-state index is -0.813. The Labute approximate surface area is 118 Å². The summed E-state index contributed by atoms with van der Waals surface area (Å²) in [6, 6.07) is -0.120. The first-order valence-electron chi connectivity index (χ1n) is 6.96. The quantitative estimate of drug-likeness (QED) is 0.800. The number of nitrogens with zero attached hydrogens (tertiary/aromatic N) is 1. The molecule has 2 fully saturated rings. The molecule has 0 bridgehead atoms. The second-order valence-corrected chi connectivity index (χ2v) is 6.46. The zero-order chi connectivity index (χ0) is 13.7. The van der Waals surface area contributed by atoms with E-state index in [9.17, 15) is 9.59 Å². The zero-order valence-electron chi connectivity index (χ0n) is 11.1. The van der Waals surface area contributed by atoms with E-state index in [4.69, 9.17) is 5.11 Å². The summed E-state index contributed by atoms with van der Waals surface area (Å²) in [5, 5.41) is 12.2. The van der Waals surface area contributed by atoms with Crippen molar-refractivity contribution in [3.05, 3.63) is 0 Å². The molecule has 2 heterocycles. The van der Waals surface area contributed by atoms with Gasteiger partial charge in [-0.2, -0.15) is 11.8 Å². The molecular formula is C13H22N2O3S. The van der Waals surface area contributed by atoms with Gasteiger partial charge in [0.25, 0.3) is 0 Å². The van der Waals surface area contributed by atoms with Gasteiger partial charge in [-0.05, 0) is 31.8 Å². The Hall–Kier alpha value is -0.750. The third-order valence-corrected chi connectivity index (χ3v) is 4.97. The molecule has 2 rings (SSSR count). The molecule has 0 spiro atoms. The molecule has 0 saturated carbocycles. The lowest BCUT2D eigenvalue weighted by atomic mass is 9.94.